The van der Waals surface area contributed by atoms with Crippen LogP contribution < -0.4 is 0 Å². The largest absolute Gasteiger partial charge is 0.272 e. The zero-order chi connectivity index (χ0) is 15.9. The van der Waals surface area contributed by atoms with Gasteiger partial charge in [0.25, 0.3) is 5.91 Å². The van der Waals surface area contributed by atoms with Gasteiger partial charge in [0.2, 0.25) is 0 Å². The Kier molecular flexibility index (Phi) is 4.58. The number of aromatic nitrogens is 4. The first-order chi connectivity index (χ1) is 9.73. The van der Waals surface area contributed by atoms with Gasteiger partial charge in [0.05, 0.1) is 44.7 Å². The lowest BCUT2D eigenvalue weighted by Gasteiger charge is -2.13. The Bertz CT molecular complexity index is 704. The fourth-order valence-electron chi connectivity index (χ4n) is 2.24. The molecule has 0 aliphatic carbocycles. The molecular weight excluding hydrogens is 356 g/mol. The summed E-state index contributed by atoms with van der Waals surface area (Å²) in [6.07, 6.45) is 0. The van der Waals surface area contributed by atoms with Gasteiger partial charge in [-0.05, 0) is 43.6 Å². The lowest BCUT2D eigenvalue weighted by atomic mass is 10.1. The molecule has 0 aromatic carbocycles. The highest BCUT2D eigenvalue weighted by Gasteiger charge is 2.22. The fraction of sp³-hybridized carbons (Fsp3) is 0.500. The minimum atomic E-state index is -0.246. The van der Waals surface area contributed by atoms with Crippen molar-refractivity contribution >= 4 is 33.4 Å². The van der Waals surface area contributed by atoms with E-state index in [9.17, 15) is 4.79 Å². The van der Waals surface area contributed by atoms with Crippen molar-refractivity contribution in [3.05, 3.63) is 32.3 Å². The molecule has 2 heterocycles. The van der Waals surface area contributed by atoms with Crippen molar-refractivity contribution in [1.82, 2.24) is 19.6 Å². The molecule has 2 aromatic heterocycles. The van der Waals surface area contributed by atoms with Gasteiger partial charge in [-0.3, -0.25) is 9.48 Å². The predicted octanol–water partition coefficient (Wildman–Crippen LogP) is 3.71. The highest BCUT2D eigenvalue weighted by Crippen LogP contribution is 2.22. The van der Waals surface area contributed by atoms with E-state index < -0.39 is 0 Å². The van der Waals surface area contributed by atoms with Gasteiger partial charge < -0.3 is 0 Å². The summed E-state index contributed by atoms with van der Waals surface area (Å²) in [5.41, 5.74) is 3.28. The van der Waals surface area contributed by atoms with Crippen molar-refractivity contribution in [2.75, 3.05) is 0 Å². The van der Waals surface area contributed by atoms with E-state index in [1.165, 1.54) is 4.68 Å². The van der Waals surface area contributed by atoms with E-state index in [1.54, 1.807) is 4.68 Å². The number of nitrogens with zero attached hydrogens (tertiary/aromatic N) is 4. The van der Waals surface area contributed by atoms with Gasteiger partial charge in [0.1, 0.15) is 0 Å². The van der Waals surface area contributed by atoms with Gasteiger partial charge in [0.15, 0.2) is 0 Å². The van der Waals surface area contributed by atoms with E-state index >= 15 is 0 Å². The monoisotopic (exact) mass is 372 g/mol. The van der Waals surface area contributed by atoms with Crippen LogP contribution in [0.1, 0.15) is 34.5 Å². The number of hydrogen-bond acceptors (Lipinski definition) is 3. The smallest absolute Gasteiger partial charge is 0.251 e. The average molecular weight is 374 g/mol. The summed E-state index contributed by atoms with van der Waals surface area (Å²) >= 11 is 9.57. The van der Waals surface area contributed by atoms with Crippen molar-refractivity contribution in [2.45, 2.75) is 41.2 Å². The third kappa shape index (κ3) is 2.92. The molecule has 0 amide bonds. The Labute approximate surface area is 137 Å². The van der Waals surface area contributed by atoms with Crippen LogP contribution >= 0.6 is 27.5 Å². The maximum atomic E-state index is 12.5. The zero-order valence-electron chi connectivity index (χ0n) is 12.7. The van der Waals surface area contributed by atoms with Gasteiger partial charge in [-0.1, -0.05) is 18.5 Å². The third-order valence-electron chi connectivity index (χ3n) is 3.57. The van der Waals surface area contributed by atoms with Gasteiger partial charge in [-0.2, -0.15) is 10.2 Å². The van der Waals surface area contributed by atoms with Crippen LogP contribution in [0.15, 0.2) is 4.47 Å². The maximum absolute atomic E-state index is 12.5. The molecule has 1 unspecified atom stereocenters. The molecule has 1 atom stereocenters. The molecule has 0 aliphatic rings. The van der Waals surface area contributed by atoms with E-state index in [0.717, 1.165) is 27.2 Å². The van der Waals surface area contributed by atoms with Crippen LogP contribution in [0.4, 0.5) is 0 Å². The van der Waals surface area contributed by atoms with Crippen LogP contribution in [0.25, 0.3) is 0 Å². The number of hydrogen-bond donors (Lipinski definition) is 0. The molecule has 0 aliphatic heterocycles. The molecule has 21 heavy (non-hydrogen) atoms. The maximum Gasteiger partial charge on any atom is 0.251 e. The summed E-state index contributed by atoms with van der Waals surface area (Å²) in [6, 6.07) is 0. The fourth-order valence-corrected chi connectivity index (χ4v) is 2.62. The molecule has 114 valence electrons. The molecule has 0 fully saturated rings. The summed E-state index contributed by atoms with van der Waals surface area (Å²) in [6.45, 7) is 9.85. The van der Waals surface area contributed by atoms with Crippen molar-refractivity contribution in [3.63, 3.8) is 0 Å². The number of carbonyl (C=O) groups excluding carboxylic acids is 1. The highest BCUT2D eigenvalue weighted by molar-refractivity contribution is 9.10. The van der Waals surface area contributed by atoms with E-state index in [2.05, 4.69) is 26.1 Å². The number of aryl methyl sites for hydroxylation is 2. The van der Waals surface area contributed by atoms with Crippen LogP contribution in [-0.2, 0) is 6.54 Å². The Morgan fingerprint density at radius 1 is 1.19 bits per heavy atom. The van der Waals surface area contributed by atoms with Crippen LogP contribution in [-0.4, -0.2) is 25.5 Å². The number of halogens is 2. The molecule has 2 aromatic rings. The molecule has 5 nitrogen and oxygen atoms in total. The van der Waals surface area contributed by atoms with Gasteiger partial charge in [-0.25, -0.2) is 4.68 Å². The van der Waals surface area contributed by atoms with E-state index in [1.807, 2.05) is 34.6 Å². The lowest BCUT2D eigenvalue weighted by molar-refractivity contribution is 0.0809. The normalized spacial score (nSPS) is 12.7. The molecule has 7 heteroatoms. The summed E-state index contributed by atoms with van der Waals surface area (Å²) in [7, 11) is 0. The van der Waals surface area contributed by atoms with Crippen LogP contribution in [0.3, 0.4) is 0 Å². The molecule has 0 N–H and O–H groups in total. The molecular formula is C14H18BrClN4O. The van der Waals surface area contributed by atoms with E-state index in [0.29, 0.717) is 11.6 Å². The van der Waals surface area contributed by atoms with Crippen molar-refractivity contribution in [2.24, 2.45) is 5.92 Å². The van der Waals surface area contributed by atoms with E-state index in [-0.39, 0.29) is 11.8 Å². The van der Waals surface area contributed by atoms with Crippen molar-refractivity contribution in [3.8, 4) is 0 Å². The molecule has 0 bridgehead atoms. The van der Waals surface area contributed by atoms with Gasteiger partial charge in [0, 0.05) is 0 Å². The number of rotatable bonds is 3. The Morgan fingerprint density at radius 3 is 2.24 bits per heavy atom. The SMILES string of the molecule is Cc1nn(CC(C)C(=O)n2nc(C)c(Br)c2C)c(C)c1Cl. The summed E-state index contributed by atoms with van der Waals surface area (Å²) in [5.74, 6) is -0.297. The first-order valence-corrected chi connectivity index (χ1v) is 7.86. The first kappa shape index (κ1) is 16.2. The molecule has 0 spiro atoms. The van der Waals surface area contributed by atoms with Crippen molar-refractivity contribution in [1.29, 1.82) is 0 Å². The summed E-state index contributed by atoms with van der Waals surface area (Å²) in [4.78, 5) is 12.5. The Balaban J connectivity index is 2.23. The van der Waals surface area contributed by atoms with Gasteiger partial charge in [-0.15, -0.1) is 0 Å². The minimum Gasteiger partial charge on any atom is -0.272 e. The first-order valence-electron chi connectivity index (χ1n) is 6.69. The second kappa shape index (κ2) is 5.93. The van der Waals surface area contributed by atoms with Crippen molar-refractivity contribution < 1.29 is 4.79 Å². The molecule has 2 rings (SSSR count). The molecule has 0 saturated heterocycles. The van der Waals surface area contributed by atoms with Crippen LogP contribution in [0.2, 0.25) is 5.02 Å². The van der Waals surface area contributed by atoms with Crippen LogP contribution in [0.5, 0.6) is 0 Å². The quantitative estimate of drug-likeness (QED) is 0.824. The standard InChI is InChI=1S/C14H18BrClN4O/c1-7(6-19-11(5)13(16)9(3)17-19)14(21)20-10(4)12(15)8(2)18-20/h7H,6H2,1-5H3. The third-order valence-corrected chi connectivity index (χ3v) is 5.27. The summed E-state index contributed by atoms with van der Waals surface area (Å²) in [5, 5.41) is 9.30. The zero-order valence-corrected chi connectivity index (χ0v) is 15.1. The number of carbonyl (C=O) groups is 1. The molecule has 0 saturated carbocycles. The lowest BCUT2D eigenvalue weighted by Crippen LogP contribution is -2.26. The topological polar surface area (TPSA) is 52.7 Å². The minimum absolute atomic E-state index is 0.0509. The summed E-state index contributed by atoms with van der Waals surface area (Å²) < 4.78 is 4.11. The Hall–Kier alpha value is -1.14. The van der Waals surface area contributed by atoms with Gasteiger partial charge >= 0.3 is 0 Å². The predicted molar refractivity (Wildman–Crippen MR) is 85.9 cm³/mol. The van der Waals surface area contributed by atoms with E-state index in [4.69, 9.17) is 11.6 Å². The second-order valence-electron chi connectivity index (χ2n) is 5.30. The second-order valence-corrected chi connectivity index (χ2v) is 6.47. The average Bonchev–Trinajstić information content (AvgIpc) is 2.83. The Morgan fingerprint density at radius 2 is 1.81 bits per heavy atom. The molecule has 0 radical (unpaired) electrons. The van der Waals surface area contributed by atoms with Crippen LogP contribution in [0, 0.1) is 33.6 Å². The highest BCUT2D eigenvalue weighted by atomic mass is 79.9.